The van der Waals surface area contributed by atoms with Gasteiger partial charge in [0.2, 0.25) is 11.2 Å². The highest BCUT2D eigenvalue weighted by molar-refractivity contribution is 6.28. The van der Waals surface area contributed by atoms with E-state index in [1.807, 2.05) is 13.8 Å². The van der Waals surface area contributed by atoms with E-state index in [1.165, 1.54) is 32.1 Å². The van der Waals surface area contributed by atoms with Crippen molar-refractivity contribution in [1.29, 1.82) is 0 Å². The number of ether oxygens (including phenoxy) is 2. The van der Waals surface area contributed by atoms with E-state index in [-0.39, 0.29) is 17.4 Å². The van der Waals surface area contributed by atoms with Crippen LogP contribution in [0, 0.1) is 0 Å². The molecule has 118 valence electrons. The summed E-state index contributed by atoms with van der Waals surface area (Å²) in [6.07, 6.45) is 6.62. The van der Waals surface area contributed by atoms with Crippen LogP contribution in [0.15, 0.2) is 0 Å². The topological polar surface area (TPSA) is 69.2 Å². The summed E-state index contributed by atoms with van der Waals surface area (Å²) in [5.41, 5.74) is 0. The van der Waals surface area contributed by atoms with Crippen LogP contribution in [0.3, 0.4) is 0 Å². The SMILES string of the molecule is CC(C)Oc1nc(Cl)nc(NCCOC2CCCCC2)n1. The lowest BCUT2D eigenvalue weighted by Gasteiger charge is -2.22. The van der Waals surface area contributed by atoms with Crippen molar-refractivity contribution in [3.8, 4) is 6.01 Å². The van der Waals surface area contributed by atoms with Crippen molar-refractivity contribution in [2.24, 2.45) is 0 Å². The first-order chi connectivity index (χ1) is 10.1. The van der Waals surface area contributed by atoms with Crippen molar-refractivity contribution in [1.82, 2.24) is 15.0 Å². The van der Waals surface area contributed by atoms with Gasteiger partial charge in [-0.2, -0.15) is 15.0 Å². The standard InChI is InChI=1S/C14H23ClN4O2/c1-10(2)21-14-18-12(15)17-13(19-14)16-8-9-20-11-6-4-3-5-7-11/h10-11H,3-9H2,1-2H3,(H,16,17,18,19). The van der Waals surface area contributed by atoms with Crippen molar-refractivity contribution in [3.05, 3.63) is 5.28 Å². The number of nitrogens with zero attached hydrogens (tertiary/aromatic N) is 3. The van der Waals surface area contributed by atoms with Crippen LogP contribution in [0.1, 0.15) is 46.0 Å². The number of hydrogen-bond acceptors (Lipinski definition) is 6. The zero-order chi connectivity index (χ0) is 15.1. The van der Waals surface area contributed by atoms with Gasteiger partial charge in [0.05, 0.1) is 18.8 Å². The lowest BCUT2D eigenvalue weighted by molar-refractivity contribution is 0.0347. The highest BCUT2D eigenvalue weighted by atomic mass is 35.5. The molecule has 0 spiro atoms. The molecule has 0 aromatic carbocycles. The number of nitrogens with one attached hydrogen (secondary N) is 1. The van der Waals surface area contributed by atoms with Gasteiger partial charge in [0, 0.05) is 6.54 Å². The molecule has 7 heteroatoms. The molecular weight excluding hydrogens is 292 g/mol. The smallest absolute Gasteiger partial charge is 0.322 e. The second-order valence-electron chi connectivity index (χ2n) is 5.43. The largest absolute Gasteiger partial charge is 0.461 e. The average molecular weight is 315 g/mol. The molecule has 1 aliphatic rings. The van der Waals surface area contributed by atoms with Crippen LogP contribution < -0.4 is 10.1 Å². The van der Waals surface area contributed by atoms with Crippen LogP contribution in [0.5, 0.6) is 6.01 Å². The molecule has 6 nitrogen and oxygen atoms in total. The maximum Gasteiger partial charge on any atom is 0.322 e. The molecule has 0 aliphatic heterocycles. The fraction of sp³-hybridized carbons (Fsp3) is 0.786. The molecule has 0 amide bonds. The van der Waals surface area contributed by atoms with Gasteiger partial charge in [-0.3, -0.25) is 0 Å². The molecule has 0 radical (unpaired) electrons. The summed E-state index contributed by atoms with van der Waals surface area (Å²) in [4.78, 5) is 12.1. The van der Waals surface area contributed by atoms with E-state index in [2.05, 4.69) is 20.3 Å². The Hall–Kier alpha value is -1.14. The third kappa shape index (κ3) is 6.01. The minimum absolute atomic E-state index is 0.00838. The Kier molecular flexibility index (Phi) is 6.45. The van der Waals surface area contributed by atoms with E-state index in [1.54, 1.807) is 0 Å². The third-order valence-electron chi connectivity index (χ3n) is 3.22. The highest BCUT2D eigenvalue weighted by Crippen LogP contribution is 2.20. The number of anilines is 1. The summed E-state index contributed by atoms with van der Waals surface area (Å²) in [5.74, 6) is 0.415. The Bertz CT molecular complexity index is 439. The van der Waals surface area contributed by atoms with E-state index in [0.29, 0.717) is 25.2 Å². The lowest BCUT2D eigenvalue weighted by Crippen LogP contribution is -2.21. The molecule has 0 bridgehead atoms. The Morgan fingerprint density at radius 3 is 2.67 bits per heavy atom. The van der Waals surface area contributed by atoms with Crippen LogP contribution in [-0.2, 0) is 4.74 Å². The zero-order valence-electron chi connectivity index (χ0n) is 12.6. The van der Waals surface area contributed by atoms with Gasteiger partial charge < -0.3 is 14.8 Å². The molecule has 0 unspecified atom stereocenters. The molecule has 1 heterocycles. The van der Waals surface area contributed by atoms with Crippen LogP contribution in [0.4, 0.5) is 5.95 Å². The first-order valence-corrected chi connectivity index (χ1v) is 7.95. The summed E-state index contributed by atoms with van der Waals surface area (Å²) in [7, 11) is 0. The molecule has 21 heavy (non-hydrogen) atoms. The third-order valence-corrected chi connectivity index (χ3v) is 3.39. The summed E-state index contributed by atoms with van der Waals surface area (Å²) in [6.45, 7) is 5.08. The molecule has 0 atom stereocenters. The summed E-state index contributed by atoms with van der Waals surface area (Å²) >= 11 is 5.85. The number of aromatic nitrogens is 3. The molecular formula is C14H23ClN4O2. The maximum absolute atomic E-state index is 5.85. The van der Waals surface area contributed by atoms with Gasteiger partial charge in [-0.25, -0.2) is 0 Å². The van der Waals surface area contributed by atoms with E-state index >= 15 is 0 Å². The van der Waals surface area contributed by atoms with E-state index < -0.39 is 0 Å². The molecule has 2 rings (SSSR count). The Morgan fingerprint density at radius 1 is 1.19 bits per heavy atom. The predicted molar refractivity (Wildman–Crippen MR) is 81.9 cm³/mol. The summed E-state index contributed by atoms with van der Waals surface area (Å²) in [6, 6.07) is 0.237. The van der Waals surface area contributed by atoms with Crippen LogP contribution in [0.2, 0.25) is 5.28 Å². The average Bonchev–Trinajstić information content (AvgIpc) is 2.43. The van der Waals surface area contributed by atoms with E-state index in [4.69, 9.17) is 21.1 Å². The van der Waals surface area contributed by atoms with Gasteiger partial charge in [0.1, 0.15) is 0 Å². The van der Waals surface area contributed by atoms with E-state index in [0.717, 1.165) is 0 Å². The molecule has 1 aliphatic carbocycles. The minimum Gasteiger partial charge on any atom is -0.461 e. The maximum atomic E-state index is 5.85. The summed E-state index contributed by atoms with van der Waals surface area (Å²) < 4.78 is 11.3. The number of hydrogen-bond donors (Lipinski definition) is 1. The van der Waals surface area contributed by atoms with Crippen molar-refractivity contribution < 1.29 is 9.47 Å². The van der Waals surface area contributed by atoms with Crippen LogP contribution >= 0.6 is 11.6 Å². The molecule has 1 aromatic heterocycles. The Morgan fingerprint density at radius 2 is 1.95 bits per heavy atom. The number of halogens is 1. The second kappa shape index (κ2) is 8.34. The van der Waals surface area contributed by atoms with Crippen molar-refractivity contribution in [2.75, 3.05) is 18.5 Å². The van der Waals surface area contributed by atoms with Gasteiger partial charge in [-0.1, -0.05) is 19.3 Å². The number of rotatable bonds is 7. The fourth-order valence-corrected chi connectivity index (χ4v) is 2.45. The second-order valence-corrected chi connectivity index (χ2v) is 5.77. The van der Waals surface area contributed by atoms with Gasteiger partial charge in [-0.15, -0.1) is 0 Å². The minimum atomic E-state index is -0.00838. The molecule has 1 saturated carbocycles. The van der Waals surface area contributed by atoms with Gasteiger partial charge in [-0.05, 0) is 38.3 Å². The van der Waals surface area contributed by atoms with Crippen molar-refractivity contribution in [2.45, 2.75) is 58.2 Å². The normalized spacial score (nSPS) is 16.2. The first kappa shape index (κ1) is 16.2. The highest BCUT2D eigenvalue weighted by Gasteiger charge is 2.13. The monoisotopic (exact) mass is 314 g/mol. The zero-order valence-corrected chi connectivity index (χ0v) is 13.4. The van der Waals surface area contributed by atoms with Gasteiger partial charge in [0.25, 0.3) is 0 Å². The lowest BCUT2D eigenvalue weighted by atomic mass is 9.98. The molecule has 1 N–H and O–H groups in total. The quantitative estimate of drug-likeness (QED) is 0.780. The fourth-order valence-electron chi connectivity index (χ4n) is 2.29. The molecule has 0 saturated heterocycles. The van der Waals surface area contributed by atoms with Crippen LogP contribution in [-0.4, -0.2) is 40.3 Å². The van der Waals surface area contributed by atoms with Gasteiger partial charge in [0.15, 0.2) is 0 Å². The van der Waals surface area contributed by atoms with Crippen molar-refractivity contribution >= 4 is 17.5 Å². The van der Waals surface area contributed by atoms with Crippen molar-refractivity contribution in [3.63, 3.8) is 0 Å². The first-order valence-electron chi connectivity index (χ1n) is 7.57. The molecule has 1 fully saturated rings. The predicted octanol–water partition coefficient (Wildman–Crippen LogP) is 3.07. The Labute approximate surface area is 130 Å². The van der Waals surface area contributed by atoms with E-state index in [9.17, 15) is 0 Å². The molecule has 1 aromatic rings. The Balaban J connectivity index is 1.75. The van der Waals surface area contributed by atoms with Gasteiger partial charge >= 0.3 is 6.01 Å². The summed E-state index contributed by atoms with van der Waals surface area (Å²) in [5, 5.41) is 3.21. The van der Waals surface area contributed by atoms with Crippen LogP contribution in [0.25, 0.3) is 0 Å².